The van der Waals surface area contributed by atoms with Crippen LogP contribution in [-0.4, -0.2) is 32.9 Å². The average molecular weight is 459 g/mol. The quantitative estimate of drug-likeness (QED) is 0.131. The Kier molecular flexibility index (Phi) is 6.75. The van der Waals surface area contributed by atoms with Crippen LogP contribution in [-0.2, 0) is 15.1 Å². The lowest BCUT2D eigenvalue weighted by molar-refractivity contribution is -0.135. The van der Waals surface area contributed by atoms with Crippen molar-refractivity contribution in [1.82, 2.24) is 9.36 Å². The monoisotopic (exact) mass is 458 g/mol. The number of oxime groups is 1. The average Bonchev–Trinajstić information content (AvgIpc) is 3.33. The van der Waals surface area contributed by atoms with Crippen LogP contribution >= 0.6 is 11.5 Å². The Bertz CT molecular complexity index is 1130. The zero-order valence-electron chi connectivity index (χ0n) is 17.9. The van der Waals surface area contributed by atoms with Gasteiger partial charge in [-0.05, 0) is 23.6 Å². The standard InChI is InChI=1S/C25H22N4O3S/c1-2-32-23(30)21(28-31)22-26-24(33-29-22)27-25(18-12-6-3-7-13-18,19-14-8-4-9-15-19)20-16-10-5-11-17-20/h3-17,31H,2H2,1H3,(H,26,27,29)/b28-21-. The maximum Gasteiger partial charge on any atom is 0.364 e. The van der Waals surface area contributed by atoms with E-state index in [0.717, 1.165) is 28.2 Å². The Morgan fingerprint density at radius 1 is 0.939 bits per heavy atom. The largest absolute Gasteiger partial charge is 0.461 e. The summed E-state index contributed by atoms with van der Waals surface area (Å²) >= 11 is 1.07. The fourth-order valence-electron chi connectivity index (χ4n) is 3.69. The molecule has 0 aliphatic carbocycles. The minimum atomic E-state index is -0.791. The van der Waals surface area contributed by atoms with Crippen LogP contribution in [0.4, 0.5) is 5.13 Å². The molecular weight excluding hydrogens is 436 g/mol. The number of rotatable bonds is 8. The number of anilines is 1. The Labute approximate surface area is 195 Å². The molecule has 1 aromatic heterocycles. The zero-order valence-corrected chi connectivity index (χ0v) is 18.7. The number of esters is 1. The van der Waals surface area contributed by atoms with Gasteiger partial charge in [-0.3, -0.25) is 0 Å². The van der Waals surface area contributed by atoms with Gasteiger partial charge in [0.25, 0.3) is 0 Å². The van der Waals surface area contributed by atoms with Gasteiger partial charge in [-0.2, -0.15) is 9.36 Å². The van der Waals surface area contributed by atoms with Crippen LogP contribution in [0.1, 0.15) is 29.4 Å². The Morgan fingerprint density at radius 3 is 1.85 bits per heavy atom. The van der Waals surface area contributed by atoms with Crippen LogP contribution < -0.4 is 5.32 Å². The summed E-state index contributed by atoms with van der Waals surface area (Å²) in [5, 5.41) is 16.4. The van der Waals surface area contributed by atoms with E-state index in [9.17, 15) is 10.0 Å². The third-order valence-corrected chi connectivity index (χ3v) is 5.75. The van der Waals surface area contributed by atoms with E-state index in [1.165, 1.54) is 0 Å². The molecule has 166 valence electrons. The minimum Gasteiger partial charge on any atom is -0.461 e. The van der Waals surface area contributed by atoms with Gasteiger partial charge in [-0.1, -0.05) is 96.2 Å². The van der Waals surface area contributed by atoms with E-state index in [-0.39, 0.29) is 18.1 Å². The number of hydrogen-bond donors (Lipinski definition) is 2. The molecule has 2 N–H and O–H groups in total. The number of nitrogens with zero attached hydrogens (tertiary/aromatic N) is 3. The summed E-state index contributed by atoms with van der Waals surface area (Å²) in [7, 11) is 0. The summed E-state index contributed by atoms with van der Waals surface area (Å²) in [6.07, 6.45) is 0. The summed E-state index contributed by atoms with van der Waals surface area (Å²) in [6, 6.07) is 30.1. The van der Waals surface area contributed by atoms with Crippen molar-refractivity contribution in [3.63, 3.8) is 0 Å². The molecule has 0 aliphatic rings. The molecule has 0 amide bonds. The topological polar surface area (TPSA) is 96.7 Å². The van der Waals surface area contributed by atoms with Gasteiger partial charge in [0.15, 0.2) is 0 Å². The van der Waals surface area contributed by atoms with E-state index in [2.05, 4.69) is 19.8 Å². The Morgan fingerprint density at radius 2 is 1.42 bits per heavy atom. The number of hydrogen-bond acceptors (Lipinski definition) is 8. The molecule has 0 bridgehead atoms. The molecule has 3 aromatic carbocycles. The zero-order chi connectivity index (χ0) is 23.1. The van der Waals surface area contributed by atoms with Crippen LogP contribution in [0.3, 0.4) is 0 Å². The lowest BCUT2D eigenvalue weighted by Gasteiger charge is -2.36. The van der Waals surface area contributed by atoms with Gasteiger partial charge in [0, 0.05) is 11.5 Å². The predicted molar refractivity (Wildman–Crippen MR) is 128 cm³/mol. The van der Waals surface area contributed by atoms with E-state index in [4.69, 9.17) is 4.74 Å². The summed E-state index contributed by atoms with van der Waals surface area (Å²) in [5.41, 5.74) is 1.87. The molecule has 0 spiro atoms. The molecule has 0 fully saturated rings. The number of aromatic nitrogens is 2. The summed E-state index contributed by atoms with van der Waals surface area (Å²) in [5.74, 6) is -0.795. The van der Waals surface area contributed by atoms with Crippen molar-refractivity contribution in [2.24, 2.45) is 5.16 Å². The van der Waals surface area contributed by atoms with Crippen LogP contribution in [0, 0.1) is 0 Å². The van der Waals surface area contributed by atoms with Gasteiger partial charge >= 0.3 is 5.97 Å². The van der Waals surface area contributed by atoms with Gasteiger partial charge in [-0.15, -0.1) is 0 Å². The first-order valence-corrected chi connectivity index (χ1v) is 11.1. The summed E-state index contributed by atoms with van der Waals surface area (Å²) in [4.78, 5) is 16.6. The van der Waals surface area contributed by atoms with Crippen molar-refractivity contribution in [3.8, 4) is 0 Å². The first-order chi connectivity index (χ1) is 16.2. The molecular formula is C25H22N4O3S. The molecule has 0 unspecified atom stereocenters. The molecule has 1 heterocycles. The van der Waals surface area contributed by atoms with E-state index in [1.54, 1.807) is 6.92 Å². The van der Waals surface area contributed by atoms with E-state index in [0.29, 0.717) is 5.13 Å². The third-order valence-electron chi connectivity index (χ3n) is 5.12. The Balaban J connectivity index is 1.86. The highest BCUT2D eigenvalue weighted by Crippen LogP contribution is 2.40. The molecule has 4 rings (SSSR count). The first kappa shape index (κ1) is 22.2. The second-order valence-corrected chi connectivity index (χ2v) is 7.82. The number of ether oxygens (including phenoxy) is 1. The number of carbonyl (C=O) groups is 1. The van der Waals surface area contributed by atoms with Crippen LogP contribution in [0.15, 0.2) is 96.2 Å². The molecule has 33 heavy (non-hydrogen) atoms. The van der Waals surface area contributed by atoms with E-state index >= 15 is 0 Å². The van der Waals surface area contributed by atoms with Gasteiger partial charge in [0.2, 0.25) is 16.7 Å². The predicted octanol–water partition coefficient (Wildman–Crippen LogP) is 4.68. The highest BCUT2D eigenvalue weighted by Gasteiger charge is 2.37. The first-order valence-electron chi connectivity index (χ1n) is 10.4. The fourth-order valence-corrected chi connectivity index (χ4v) is 4.31. The van der Waals surface area contributed by atoms with Gasteiger partial charge < -0.3 is 15.3 Å². The van der Waals surface area contributed by atoms with Crippen molar-refractivity contribution < 1.29 is 14.7 Å². The number of benzene rings is 3. The third kappa shape index (κ3) is 4.47. The Hall–Kier alpha value is -4.04. The van der Waals surface area contributed by atoms with Crippen LogP contribution in [0.25, 0.3) is 0 Å². The SMILES string of the molecule is CCOC(=O)/C(=N\O)c1nsc(NC(c2ccccc2)(c2ccccc2)c2ccccc2)n1. The van der Waals surface area contributed by atoms with Gasteiger partial charge in [-0.25, -0.2) is 4.79 Å². The summed E-state index contributed by atoms with van der Waals surface area (Å²) < 4.78 is 9.17. The number of nitrogens with one attached hydrogen (secondary N) is 1. The van der Waals surface area contributed by atoms with Gasteiger partial charge in [0.05, 0.1) is 6.61 Å². The fraction of sp³-hybridized carbons (Fsp3) is 0.120. The molecule has 4 aromatic rings. The lowest BCUT2D eigenvalue weighted by atomic mass is 9.77. The van der Waals surface area contributed by atoms with Crippen LogP contribution in [0.2, 0.25) is 0 Å². The second kappa shape index (κ2) is 10.1. The molecule has 7 nitrogen and oxygen atoms in total. The maximum atomic E-state index is 12.1. The van der Waals surface area contributed by atoms with E-state index < -0.39 is 11.5 Å². The van der Waals surface area contributed by atoms with Crippen molar-refractivity contribution in [2.45, 2.75) is 12.5 Å². The maximum absolute atomic E-state index is 12.1. The molecule has 0 atom stereocenters. The molecule has 0 saturated carbocycles. The van der Waals surface area contributed by atoms with E-state index in [1.807, 2.05) is 91.0 Å². The molecule has 8 heteroatoms. The smallest absolute Gasteiger partial charge is 0.364 e. The lowest BCUT2D eigenvalue weighted by Crippen LogP contribution is -2.38. The normalized spacial score (nSPS) is 11.7. The van der Waals surface area contributed by atoms with Crippen molar-refractivity contribution in [3.05, 3.63) is 114 Å². The van der Waals surface area contributed by atoms with Gasteiger partial charge in [0.1, 0.15) is 5.54 Å². The number of carbonyl (C=O) groups excluding carboxylic acids is 1. The highest BCUT2D eigenvalue weighted by atomic mass is 32.1. The highest BCUT2D eigenvalue weighted by molar-refractivity contribution is 7.09. The minimum absolute atomic E-state index is 0.00784. The summed E-state index contributed by atoms with van der Waals surface area (Å²) in [6.45, 7) is 1.81. The molecule has 0 saturated heterocycles. The molecule has 0 aliphatic heterocycles. The van der Waals surface area contributed by atoms with Crippen molar-refractivity contribution >= 4 is 28.3 Å². The van der Waals surface area contributed by atoms with Crippen molar-refractivity contribution in [1.29, 1.82) is 0 Å². The molecule has 0 radical (unpaired) electrons. The van der Waals surface area contributed by atoms with Crippen LogP contribution in [0.5, 0.6) is 0 Å². The van der Waals surface area contributed by atoms with Crippen molar-refractivity contribution in [2.75, 3.05) is 11.9 Å². The second-order valence-electron chi connectivity index (χ2n) is 7.07.